The van der Waals surface area contributed by atoms with Crippen molar-refractivity contribution in [3.63, 3.8) is 0 Å². The maximum atomic E-state index is 12.6. The third kappa shape index (κ3) is 2.69. The van der Waals surface area contributed by atoms with Crippen molar-refractivity contribution in [1.29, 1.82) is 0 Å². The Labute approximate surface area is 149 Å². The van der Waals surface area contributed by atoms with Crippen molar-refractivity contribution >= 4 is 61.0 Å². The lowest BCUT2D eigenvalue weighted by molar-refractivity contribution is -0.148. The molecule has 2 N–H and O–H groups in total. The van der Waals surface area contributed by atoms with Crippen LogP contribution in [0.25, 0.3) is 0 Å². The Morgan fingerprint density at radius 2 is 1.82 bits per heavy atom. The molecule has 0 aliphatic heterocycles. The smallest absolute Gasteiger partial charge is 0.307 e. The minimum absolute atomic E-state index is 0.0228. The molecule has 1 aromatic carbocycles. The van der Waals surface area contributed by atoms with Gasteiger partial charge < -0.3 is 10.4 Å². The molecule has 2 saturated carbocycles. The Hall–Kier alpha value is -0.590. The summed E-state index contributed by atoms with van der Waals surface area (Å²) in [4.78, 5) is 24.5. The van der Waals surface area contributed by atoms with Gasteiger partial charge in [0, 0.05) is 20.4 Å². The number of benzene rings is 1. The van der Waals surface area contributed by atoms with Crippen molar-refractivity contribution in [2.45, 2.75) is 16.1 Å². The zero-order valence-electron chi connectivity index (χ0n) is 11.4. The van der Waals surface area contributed by atoms with Gasteiger partial charge in [-0.2, -0.15) is 0 Å². The van der Waals surface area contributed by atoms with Gasteiger partial charge in [-0.25, -0.2) is 0 Å². The molecule has 2 aliphatic carbocycles. The Balaban J connectivity index is 1.83. The van der Waals surface area contributed by atoms with E-state index in [9.17, 15) is 14.7 Å². The van der Waals surface area contributed by atoms with Crippen molar-refractivity contribution in [3.8, 4) is 0 Å². The number of carboxylic acid groups (broad SMARTS) is 1. The number of carbonyl (C=O) groups is 2. The van der Waals surface area contributed by atoms with Crippen LogP contribution in [0.1, 0.15) is 6.42 Å². The SMILES string of the molecule is O=C(O)C1C2CC(C(Br)C2Br)C1C(=O)Nc1cccc(Cl)c1. The third-order valence-electron chi connectivity index (χ3n) is 4.66. The van der Waals surface area contributed by atoms with Crippen LogP contribution in [-0.4, -0.2) is 26.6 Å². The molecule has 0 heterocycles. The summed E-state index contributed by atoms with van der Waals surface area (Å²) in [6.07, 6.45) is 0.746. The summed E-state index contributed by atoms with van der Waals surface area (Å²) in [5.41, 5.74) is 0.589. The Morgan fingerprint density at radius 1 is 1.18 bits per heavy atom. The number of anilines is 1. The fourth-order valence-corrected chi connectivity index (χ4v) is 5.82. The number of carbonyl (C=O) groups excluding carboxylic acids is 1. The van der Waals surface area contributed by atoms with Crippen molar-refractivity contribution in [2.24, 2.45) is 23.7 Å². The predicted octanol–water partition coefficient (Wildman–Crippen LogP) is 3.77. The Morgan fingerprint density at radius 3 is 2.41 bits per heavy atom. The van der Waals surface area contributed by atoms with Gasteiger partial charge in [-0.05, 0) is 36.5 Å². The second-order valence-electron chi connectivity index (χ2n) is 5.84. The van der Waals surface area contributed by atoms with E-state index >= 15 is 0 Å². The number of amides is 1. The predicted molar refractivity (Wildman–Crippen MR) is 91.7 cm³/mol. The summed E-state index contributed by atoms with van der Waals surface area (Å²) in [5, 5.41) is 12.9. The minimum Gasteiger partial charge on any atom is -0.481 e. The van der Waals surface area contributed by atoms with Gasteiger partial charge in [0.25, 0.3) is 0 Å². The first kappa shape index (κ1) is 16.3. The minimum atomic E-state index is -0.900. The number of nitrogens with one attached hydrogen (secondary N) is 1. The molecular formula is C15H14Br2ClNO3. The summed E-state index contributed by atoms with van der Waals surface area (Å²) in [7, 11) is 0. The topological polar surface area (TPSA) is 66.4 Å². The second kappa shape index (κ2) is 6.13. The first-order valence-electron chi connectivity index (χ1n) is 6.97. The largest absolute Gasteiger partial charge is 0.481 e. The van der Waals surface area contributed by atoms with E-state index in [1.54, 1.807) is 24.3 Å². The van der Waals surface area contributed by atoms with E-state index in [1.165, 1.54) is 0 Å². The maximum absolute atomic E-state index is 12.6. The summed E-state index contributed by atoms with van der Waals surface area (Å²) in [6.45, 7) is 0. The van der Waals surface area contributed by atoms with Gasteiger partial charge in [-0.3, -0.25) is 9.59 Å². The number of carboxylic acids is 1. The van der Waals surface area contributed by atoms with E-state index in [0.717, 1.165) is 6.42 Å². The van der Waals surface area contributed by atoms with Crippen LogP contribution in [0.15, 0.2) is 24.3 Å². The van der Waals surface area contributed by atoms with Crippen LogP contribution >= 0.6 is 43.5 Å². The van der Waals surface area contributed by atoms with E-state index in [1.807, 2.05) is 0 Å². The van der Waals surface area contributed by atoms with Crippen LogP contribution in [0.4, 0.5) is 5.69 Å². The lowest BCUT2D eigenvalue weighted by Gasteiger charge is -2.33. The fourth-order valence-electron chi connectivity index (χ4n) is 3.75. The van der Waals surface area contributed by atoms with Crippen molar-refractivity contribution in [3.05, 3.63) is 29.3 Å². The highest BCUT2D eigenvalue weighted by Crippen LogP contribution is 2.57. The van der Waals surface area contributed by atoms with Gasteiger partial charge in [0.15, 0.2) is 0 Å². The average Bonchev–Trinajstić information content (AvgIpc) is 2.97. The number of aliphatic carboxylic acids is 1. The van der Waals surface area contributed by atoms with Crippen LogP contribution in [-0.2, 0) is 9.59 Å². The van der Waals surface area contributed by atoms with Gasteiger partial charge in [-0.1, -0.05) is 49.5 Å². The number of hydrogen-bond acceptors (Lipinski definition) is 2. The molecule has 0 aromatic heterocycles. The van der Waals surface area contributed by atoms with E-state index in [-0.39, 0.29) is 27.4 Å². The Bertz CT molecular complexity index is 627. The molecule has 22 heavy (non-hydrogen) atoms. The van der Waals surface area contributed by atoms with Crippen molar-refractivity contribution in [1.82, 2.24) is 0 Å². The van der Waals surface area contributed by atoms with E-state index < -0.39 is 17.8 Å². The number of rotatable bonds is 3. The average molecular weight is 452 g/mol. The lowest BCUT2D eigenvalue weighted by Crippen LogP contribution is -2.45. The van der Waals surface area contributed by atoms with Gasteiger partial charge in [0.1, 0.15) is 0 Å². The molecule has 4 nitrogen and oxygen atoms in total. The number of fused-ring (bicyclic) bond motifs is 2. The Kier molecular flexibility index (Phi) is 4.54. The lowest BCUT2D eigenvalue weighted by atomic mass is 9.78. The molecule has 1 amide bonds. The maximum Gasteiger partial charge on any atom is 0.307 e. The quantitative estimate of drug-likeness (QED) is 0.688. The molecule has 2 aliphatic rings. The molecule has 3 rings (SSSR count). The summed E-state index contributed by atoms with van der Waals surface area (Å²) < 4.78 is 0. The molecule has 0 radical (unpaired) electrons. The van der Waals surface area contributed by atoms with Crippen LogP contribution in [0, 0.1) is 23.7 Å². The van der Waals surface area contributed by atoms with E-state index in [4.69, 9.17) is 11.6 Å². The van der Waals surface area contributed by atoms with Crippen LogP contribution in [0.3, 0.4) is 0 Å². The molecule has 7 heteroatoms. The molecular weight excluding hydrogens is 437 g/mol. The fraction of sp³-hybridized carbons (Fsp3) is 0.467. The monoisotopic (exact) mass is 449 g/mol. The third-order valence-corrected chi connectivity index (χ3v) is 8.10. The van der Waals surface area contributed by atoms with Gasteiger partial charge >= 0.3 is 5.97 Å². The molecule has 2 bridgehead atoms. The van der Waals surface area contributed by atoms with Crippen molar-refractivity contribution in [2.75, 3.05) is 5.32 Å². The summed E-state index contributed by atoms with van der Waals surface area (Å²) >= 11 is 13.1. The molecule has 2 fully saturated rings. The highest BCUT2D eigenvalue weighted by Gasteiger charge is 2.61. The number of alkyl halides is 2. The first-order chi connectivity index (χ1) is 10.4. The second-order valence-corrected chi connectivity index (χ2v) is 8.39. The summed E-state index contributed by atoms with van der Waals surface area (Å²) in [6, 6.07) is 6.86. The van der Waals surface area contributed by atoms with E-state index in [0.29, 0.717) is 10.7 Å². The van der Waals surface area contributed by atoms with Gasteiger partial charge in [0.2, 0.25) is 5.91 Å². The normalized spacial score (nSPS) is 36.3. The highest BCUT2D eigenvalue weighted by atomic mass is 79.9. The van der Waals surface area contributed by atoms with E-state index in [2.05, 4.69) is 37.2 Å². The zero-order chi connectivity index (χ0) is 16.0. The molecule has 6 atom stereocenters. The number of hydrogen-bond donors (Lipinski definition) is 2. The molecule has 6 unspecified atom stereocenters. The molecule has 1 aromatic rings. The summed E-state index contributed by atoms with van der Waals surface area (Å²) in [5.74, 6) is -2.33. The molecule has 0 saturated heterocycles. The van der Waals surface area contributed by atoms with Crippen LogP contribution in [0.2, 0.25) is 5.02 Å². The van der Waals surface area contributed by atoms with Gasteiger partial charge in [0.05, 0.1) is 11.8 Å². The standard InChI is InChI=1S/C15H14Br2ClNO3/c16-12-8-5-9(13(12)17)11(15(21)22)10(8)14(20)19-7-3-1-2-6(18)4-7/h1-4,8-13H,5H2,(H,19,20)(H,21,22). The van der Waals surface area contributed by atoms with Crippen LogP contribution < -0.4 is 5.32 Å². The van der Waals surface area contributed by atoms with Crippen molar-refractivity contribution < 1.29 is 14.7 Å². The first-order valence-corrected chi connectivity index (χ1v) is 9.18. The van der Waals surface area contributed by atoms with Crippen LogP contribution in [0.5, 0.6) is 0 Å². The number of halogens is 3. The zero-order valence-corrected chi connectivity index (χ0v) is 15.3. The highest BCUT2D eigenvalue weighted by molar-refractivity contribution is 9.12. The molecule has 0 spiro atoms. The molecule has 118 valence electrons. The van der Waals surface area contributed by atoms with Gasteiger partial charge in [-0.15, -0.1) is 0 Å².